The molecule has 238 valence electrons. The van der Waals surface area contributed by atoms with E-state index >= 15 is 0 Å². The number of furan rings is 1. The van der Waals surface area contributed by atoms with Crippen LogP contribution in [0.1, 0.15) is 22.3 Å². The van der Waals surface area contributed by atoms with Crippen LogP contribution in [-0.2, 0) is 5.41 Å². The zero-order valence-corrected chi connectivity index (χ0v) is 27.4. The van der Waals surface area contributed by atoms with E-state index in [-0.39, 0.29) is 0 Å². The number of hydrogen-bond donors (Lipinski definition) is 0. The van der Waals surface area contributed by atoms with Crippen molar-refractivity contribution in [1.29, 1.82) is 0 Å². The van der Waals surface area contributed by atoms with Gasteiger partial charge >= 0.3 is 0 Å². The highest BCUT2D eigenvalue weighted by atomic mass is 16.5. The molecule has 2 aromatic heterocycles. The normalized spacial score (nSPS) is 13.4. The molecular formula is C47H28N2O2. The van der Waals surface area contributed by atoms with Crippen LogP contribution in [-0.4, -0.2) is 9.97 Å². The van der Waals surface area contributed by atoms with Gasteiger partial charge in [-0.15, -0.1) is 0 Å². The first-order valence-corrected chi connectivity index (χ1v) is 17.2. The topological polar surface area (TPSA) is 48.2 Å². The molecule has 51 heavy (non-hydrogen) atoms. The third-order valence-electron chi connectivity index (χ3n) is 10.6. The van der Waals surface area contributed by atoms with E-state index in [9.17, 15) is 0 Å². The van der Waals surface area contributed by atoms with E-state index in [4.69, 9.17) is 19.1 Å². The summed E-state index contributed by atoms with van der Waals surface area (Å²) in [5.41, 5.74) is 12.8. The molecule has 0 radical (unpaired) electrons. The molecule has 9 aromatic rings. The van der Waals surface area contributed by atoms with Gasteiger partial charge in [-0.25, -0.2) is 9.97 Å². The minimum Gasteiger partial charge on any atom is -0.457 e. The molecule has 3 heterocycles. The average molecular weight is 653 g/mol. The Kier molecular flexibility index (Phi) is 5.84. The monoisotopic (exact) mass is 652 g/mol. The summed E-state index contributed by atoms with van der Waals surface area (Å²) >= 11 is 0. The number of benzene rings is 7. The van der Waals surface area contributed by atoms with Gasteiger partial charge in [0.15, 0.2) is 5.82 Å². The van der Waals surface area contributed by atoms with Crippen LogP contribution in [0.15, 0.2) is 174 Å². The Morgan fingerprint density at radius 1 is 0.451 bits per heavy atom. The highest BCUT2D eigenvalue weighted by Gasteiger charge is 2.51. The van der Waals surface area contributed by atoms with Gasteiger partial charge in [0.2, 0.25) is 0 Å². The fraction of sp³-hybridized carbons (Fsp3) is 0.0213. The number of para-hydroxylation sites is 3. The van der Waals surface area contributed by atoms with Crippen molar-refractivity contribution in [2.75, 3.05) is 0 Å². The van der Waals surface area contributed by atoms with E-state index in [2.05, 4.69) is 133 Å². The van der Waals surface area contributed by atoms with Crippen molar-refractivity contribution >= 4 is 21.9 Å². The summed E-state index contributed by atoms with van der Waals surface area (Å²) < 4.78 is 13.4. The van der Waals surface area contributed by atoms with E-state index in [0.29, 0.717) is 5.82 Å². The molecule has 7 aromatic carbocycles. The van der Waals surface area contributed by atoms with Crippen LogP contribution in [0, 0.1) is 0 Å². The maximum absolute atomic E-state index is 6.88. The molecule has 4 heteroatoms. The third-order valence-corrected chi connectivity index (χ3v) is 10.6. The van der Waals surface area contributed by atoms with E-state index in [0.717, 1.165) is 72.6 Å². The van der Waals surface area contributed by atoms with Gasteiger partial charge in [-0.2, -0.15) is 0 Å². The molecule has 4 nitrogen and oxygen atoms in total. The van der Waals surface area contributed by atoms with Gasteiger partial charge in [0.1, 0.15) is 22.7 Å². The second kappa shape index (κ2) is 10.6. The zero-order chi connectivity index (χ0) is 33.5. The van der Waals surface area contributed by atoms with E-state index in [1.165, 1.54) is 22.3 Å². The summed E-state index contributed by atoms with van der Waals surface area (Å²) in [5.74, 6) is 2.38. The molecule has 0 amide bonds. The van der Waals surface area contributed by atoms with Crippen LogP contribution in [0.5, 0.6) is 11.5 Å². The Morgan fingerprint density at radius 3 is 1.69 bits per heavy atom. The lowest BCUT2D eigenvalue weighted by molar-refractivity contribution is 0.436. The number of aromatic nitrogens is 2. The molecule has 11 rings (SSSR count). The Hall–Kier alpha value is -6.78. The number of rotatable bonds is 3. The van der Waals surface area contributed by atoms with Gasteiger partial charge in [-0.3, -0.25) is 0 Å². The van der Waals surface area contributed by atoms with Crippen LogP contribution in [0.2, 0.25) is 0 Å². The van der Waals surface area contributed by atoms with Crippen molar-refractivity contribution in [3.63, 3.8) is 0 Å². The molecule has 1 aliphatic heterocycles. The van der Waals surface area contributed by atoms with Crippen LogP contribution in [0.4, 0.5) is 0 Å². The number of fused-ring (bicyclic) bond motifs is 13. The van der Waals surface area contributed by atoms with Gasteiger partial charge in [0.05, 0.1) is 22.4 Å². The maximum Gasteiger partial charge on any atom is 0.164 e. The SMILES string of the molecule is c1ccc(-c2cc(-c3ccccc3)nc(-c3cccc4c3oc3ccc5c(c34)-c3ccccc3C53c4ccccc4Oc4ccccc43)n2)cc1. The zero-order valence-electron chi connectivity index (χ0n) is 27.4. The first-order valence-electron chi connectivity index (χ1n) is 17.2. The molecule has 0 saturated heterocycles. The molecular weight excluding hydrogens is 625 g/mol. The largest absolute Gasteiger partial charge is 0.457 e. The average Bonchev–Trinajstić information content (AvgIpc) is 3.73. The number of ether oxygens (including phenoxy) is 1. The molecule has 1 aliphatic carbocycles. The van der Waals surface area contributed by atoms with Crippen molar-refractivity contribution in [3.05, 3.63) is 192 Å². The Balaban J connectivity index is 1.21. The highest BCUT2D eigenvalue weighted by molar-refractivity contribution is 6.17. The molecule has 1 spiro atoms. The van der Waals surface area contributed by atoms with E-state index < -0.39 is 5.41 Å². The third kappa shape index (κ3) is 3.90. The summed E-state index contributed by atoms with van der Waals surface area (Å²) in [4.78, 5) is 10.3. The standard InChI is InChI=1S/C47H28N2O2/c1-3-14-29(15-4-1)38-28-39(30-16-5-2-6-17-30)49-46(48-38)33-20-13-19-32-44-42(51-45(32)33)27-26-37-43(44)31-18-7-8-21-34(31)47(37)35-22-9-11-24-40(35)50-41-25-12-10-23-36(41)47/h1-28H. The summed E-state index contributed by atoms with van der Waals surface area (Å²) in [7, 11) is 0. The fourth-order valence-electron chi connectivity index (χ4n) is 8.49. The maximum atomic E-state index is 6.88. The van der Waals surface area contributed by atoms with Crippen molar-refractivity contribution < 1.29 is 9.15 Å². The summed E-state index contributed by atoms with van der Waals surface area (Å²) in [6.45, 7) is 0. The van der Waals surface area contributed by atoms with Crippen LogP contribution < -0.4 is 4.74 Å². The Morgan fingerprint density at radius 2 is 1.02 bits per heavy atom. The predicted octanol–water partition coefficient (Wildman–Crippen LogP) is 11.8. The highest BCUT2D eigenvalue weighted by Crippen LogP contribution is 2.63. The van der Waals surface area contributed by atoms with Crippen molar-refractivity contribution in [2.45, 2.75) is 5.41 Å². The number of hydrogen-bond acceptors (Lipinski definition) is 4. The van der Waals surface area contributed by atoms with Gasteiger partial charge in [0.25, 0.3) is 0 Å². The molecule has 0 fully saturated rings. The van der Waals surface area contributed by atoms with Gasteiger partial charge in [-0.05, 0) is 52.6 Å². The Bertz CT molecular complexity index is 2730. The van der Waals surface area contributed by atoms with Crippen LogP contribution >= 0.6 is 0 Å². The first-order chi connectivity index (χ1) is 25.3. The van der Waals surface area contributed by atoms with Crippen LogP contribution in [0.25, 0.3) is 67.0 Å². The minimum atomic E-state index is -0.551. The molecule has 0 N–H and O–H groups in total. The van der Waals surface area contributed by atoms with Gasteiger partial charge in [-0.1, -0.05) is 140 Å². The molecule has 0 saturated carbocycles. The van der Waals surface area contributed by atoms with Crippen molar-refractivity contribution in [3.8, 4) is 56.5 Å². The van der Waals surface area contributed by atoms with E-state index in [1.807, 2.05) is 36.4 Å². The molecule has 2 aliphatic rings. The van der Waals surface area contributed by atoms with Gasteiger partial charge < -0.3 is 9.15 Å². The van der Waals surface area contributed by atoms with Crippen molar-refractivity contribution in [2.24, 2.45) is 0 Å². The molecule has 0 bridgehead atoms. The summed E-state index contributed by atoms with van der Waals surface area (Å²) in [5, 5.41) is 2.13. The second-order valence-corrected chi connectivity index (χ2v) is 13.2. The van der Waals surface area contributed by atoms with Crippen LogP contribution in [0.3, 0.4) is 0 Å². The summed E-state index contributed by atoms with van der Waals surface area (Å²) in [6, 6.07) is 59.1. The minimum absolute atomic E-state index is 0.551. The lowest BCUT2D eigenvalue weighted by Gasteiger charge is -2.39. The number of nitrogens with zero attached hydrogens (tertiary/aromatic N) is 2. The van der Waals surface area contributed by atoms with Crippen molar-refractivity contribution in [1.82, 2.24) is 9.97 Å². The lowest BCUT2D eigenvalue weighted by Crippen LogP contribution is -2.32. The van der Waals surface area contributed by atoms with E-state index in [1.54, 1.807) is 0 Å². The molecule has 0 unspecified atom stereocenters. The summed E-state index contributed by atoms with van der Waals surface area (Å²) in [6.07, 6.45) is 0. The lowest BCUT2D eigenvalue weighted by atomic mass is 9.66. The first kappa shape index (κ1) is 28.1. The smallest absolute Gasteiger partial charge is 0.164 e. The quantitative estimate of drug-likeness (QED) is 0.191. The fourth-order valence-corrected chi connectivity index (χ4v) is 8.49. The molecule has 0 atom stereocenters. The van der Waals surface area contributed by atoms with Gasteiger partial charge in [0, 0.05) is 33.0 Å². The Labute approximate surface area is 294 Å². The second-order valence-electron chi connectivity index (χ2n) is 13.2. The predicted molar refractivity (Wildman–Crippen MR) is 203 cm³/mol.